The van der Waals surface area contributed by atoms with Crippen LogP contribution in [0.1, 0.15) is 24.3 Å². The van der Waals surface area contributed by atoms with Gasteiger partial charge in [-0.15, -0.1) is 0 Å². The van der Waals surface area contributed by atoms with Gasteiger partial charge < -0.3 is 10.4 Å². The number of benzene rings is 2. The van der Waals surface area contributed by atoms with Gasteiger partial charge in [-0.25, -0.2) is 14.4 Å². The van der Waals surface area contributed by atoms with E-state index in [9.17, 15) is 19.6 Å². The van der Waals surface area contributed by atoms with Gasteiger partial charge >= 0.3 is 0 Å². The van der Waals surface area contributed by atoms with Gasteiger partial charge in [-0.1, -0.05) is 19.1 Å². The van der Waals surface area contributed by atoms with Crippen LogP contribution in [0.2, 0.25) is 0 Å². The van der Waals surface area contributed by atoms with Crippen molar-refractivity contribution in [1.82, 2.24) is 9.97 Å². The van der Waals surface area contributed by atoms with E-state index >= 15 is 0 Å². The highest BCUT2D eigenvalue weighted by Gasteiger charge is 2.12. The number of rotatable bonds is 7. The van der Waals surface area contributed by atoms with Crippen molar-refractivity contribution in [3.63, 3.8) is 0 Å². The molecule has 3 rings (SSSR count). The molecule has 0 aliphatic carbocycles. The maximum atomic E-state index is 13.0. The Labute approximate surface area is 161 Å². The number of nitro groups is 1. The lowest BCUT2D eigenvalue weighted by molar-refractivity contribution is -0.384. The standard InChI is InChI=1S/C20H19FN4O3/c1-2-16-11-19(22-12-18(26)13-3-7-15(21)8-4-13)24-20(23-16)14-5-9-17(10-6-14)25(27)28/h3-11,18,26H,2,12H2,1H3,(H,22,23,24). The molecule has 7 nitrogen and oxygen atoms in total. The fourth-order valence-electron chi connectivity index (χ4n) is 2.63. The van der Waals surface area contributed by atoms with Crippen LogP contribution in [0.15, 0.2) is 54.6 Å². The molecule has 0 amide bonds. The first-order valence-corrected chi connectivity index (χ1v) is 8.76. The van der Waals surface area contributed by atoms with E-state index in [1.807, 2.05) is 6.92 Å². The first-order chi connectivity index (χ1) is 13.5. The van der Waals surface area contributed by atoms with Crippen LogP contribution < -0.4 is 5.32 Å². The lowest BCUT2D eigenvalue weighted by Crippen LogP contribution is -2.14. The molecule has 0 fully saturated rings. The van der Waals surface area contributed by atoms with Gasteiger partial charge in [-0.2, -0.15) is 0 Å². The van der Waals surface area contributed by atoms with Crippen LogP contribution in [0.3, 0.4) is 0 Å². The normalized spacial score (nSPS) is 11.8. The van der Waals surface area contributed by atoms with Crippen LogP contribution in [0, 0.1) is 15.9 Å². The average molecular weight is 382 g/mol. The summed E-state index contributed by atoms with van der Waals surface area (Å²) in [6, 6.07) is 13.4. The van der Waals surface area contributed by atoms with E-state index in [-0.39, 0.29) is 18.0 Å². The van der Waals surface area contributed by atoms with Crippen molar-refractivity contribution in [1.29, 1.82) is 0 Å². The second-order valence-electron chi connectivity index (χ2n) is 6.17. The molecule has 1 heterocycles. The number of aromatic nitrogens is 2. The summed E-state index contributed by atoms with van der Waals surface area (Å²) in [5.74, 6) is 0.606. The second-order valence-corrected chi connectivity index (χ2v) is 6.17. The molecule has 1 aromatic heterocycles. The number of nitro benzene ring substituents is 1. The smallest absolute Gasteiger partial charge is 0.269 e. The minimum Gasteiger partial charge on any atom is -0.387 e. The molecule has 2 aromatic carbocycles. The summed E-state index contributed by atoms with van der Waals surface area (Å²) in [6.07, 6.45) is -0.152. The molecule has 0 radical (unpaired) electrons. The number of halogens is 1. The fraction of sp³-hybridized carbons (Fsp3) is 0.200. The van der Waals surface area contributed by atoms with E-state index in [1.54, 1.807) is 18.2 Å². The Bertz CT molecular complexity index is 962. The average Bonchev–Trinajstić information content (AvgIpc) is 2.72. The van der Waals surface area contributed by atoms with Gasteiger partial charge in [0.25, 0.3) is 5.69 Å². The Kier molecular flexibility index (Phi) is 5.90. The molecule has 0 bridgehead atoms. The number of aliphatic hydroxyl groups is 1. The monoisotopic (exact) mass is 382 g/mol. The van der Waals surface area contributed by atoms with E-state index in [1.165, 1.54) is 36.4 Å². The zero-order valence-electron chi connectivity index (χ0n) is 15.2. The van der Waals surface area contributed by atoms with Crippen LogP contribution in [0.4, 0.5) is 15.9 Å². The molecule has 0 spiro atoms. The van der Waals surface area contributed by atoms with Gasteiger partial charge in [0.2, 0.25) is 0 Å². The summed E-state index contributed by atoms with van der Waals surface area (Å²) in [5.41, 5.74) is 2.04. The summed E-state index contributed by atoms with van der Waals surface area (Å²) in [7, 11) is 0. The van der Waals surface area contributed by atoms with E-state index < -0.39 is 11.0 Å². The molecule has 28 heavy (non-hydrogen) atoms. The van der Waals surface area contributed by atoms with Crippen LogP contribution in [-0.4, -0.2) is 26.5 Å². The number of nitrogens with zero attached hydrogens (tertiary/aromatic N) is 3. The molecular weight excluding hydrogens is 363 g/mol. The third kappa shape index (κ3) is 4.66. The molecule has 1 unspecified atom stereocenters. The highest BCUT2D eigenvalue weighted by Crippen LogP contribution is 2.22. The summed E-state index contributed by atoms with van der Waals surface area (Å²) in [4.78, 5) is 19.3. The fourth-order valence-corrected chi connectivity index (χ4v) is 2.63. The maximum Gasteiger partial charge on any atom is 0.269 e. The van der Waals surface area contributed by atoms with Crippen molar-refractivity contribution in [3.8, 4) is 11.4 Å². The Morgan fingerprint density at radius 2 is 1.82 bits per heavy atom. The van der Waals surface area contributed by atoms with Gasteiger partial charge in [0.05, 0.1) is 11.0 Å². The summed E-state index contributed by atoms with van der Waals surface area (Å²) >= 11 is 0. The second kappa shape index (κ2) is 8.53. The lowest BCUT2D eigenvalue weighted by atomic mass is 10.1. The van der Waals surface area contributed by atoms with Gasteiger partial charge in [-0.05, 0) is 36.2 Å². The van der Waals surface area contributed by atoms with E-state index in [0.29, 0.717) is 29.2 Å². The predicted octanol–water partition coefficient (Wildman–Crippen LogP) is 3.90. The number of anilines is 1. The molecular formula is C20H19FN4O3. The minimum atomic E-state index is -0.830. The maximum absolute atomic E-state index is 13.0. The Hall–Kier alpha value is -3.39. The van der Waals surface area contributed by atoms with Crippen molar-refractivity contribution in [2.75, 3.05) is 11.9 Å². The number of aliphatic hydroxyl groups excluding tert-OH is 1. The van der Waals surface area contributed by atoms with Crippen LogP contribution in [0.25, 0.3) is 11.4 Å². The van der Waals surface area contributed by atoms with Crippen LogP contribution >= 0.6 is 0 Å². The quantitative estimate of drug-likeness (QED) is 0.475. The number of aryl methyl sites for hydroxylation is 1. The number of nitrogens with one attached hydrogen (secondary N) is 1. The number of hydrogen-bond acceptors (Lipinski definition) is 6. The number of hydrogen-bond donors (Lipinski definition) is 2. The van der Waals surface area contributed by atoms with Gasteiger partial charge in [-0.3, -0.25) is 10.1 Å². The van der Waals surface area contributed by atoms with Crippen molar-refractivity contribution >= 4 is 11.5 Å². The SMILES string of the molecule is CCc1cc(NCC(O)c2ccc(F)cc2)nc(-c2ccc([N+](=O)[O-])cc2)n1. The zero-order valence-corrected chi connectivity index (χ0v) is 15.2. The molecule has 0 saturated heterocycles. The Balaban J connectivity index is 1.78. The summed E-state index contributed by atoms with van der Waals surface area (Å²) in [6.45, 7) is 2.14. The van der Waals surface area contributed by atoms with Gasteiger partial charge in [0.15, 0.2) is 5.82 Å². The van der Waals surface area contributed by atoms with Crippen molar-refractivity contribution in [3.05, 3.63) is 81.8 Å². The van der Waals surface area contributed by atoms with Crippen LogP contribution in [0.5, 0.6) is 0 Å². The van der Waals surface area contributed by atoms with Gasteiger partial charge in [0, 0.05) is 36.0 Å². The van der Waals surface area contributed by atoms with E-state index in [4.69, 9.17) is 0 Å². The summed E-state index contributed by atoms with van der Waals surface area (Å²) in [5, 5.41) is 24.2. The molecule has 8 heteroatoms. The Morgan fingerprint density at radius 3 is 2.43 bits per heavy atom. The zero-order chi connectivity index (χ0) is 20.1. The first-order valence-electron chi connectivity index (χ1n) is 8.76. The molecule has 0 aliphatic heterocycles. The van der Waals surface area contributed by atoms with Crippen molar-refractivity contribution in [2.24, 2.45) is 0 Å². The molecule has 0 aliphatic rings. The topological polar surface area (TPSA) is 101 Å². The van der Waals surface area contributed by atoms with Crippen molar-refractivity contribution in [2.45, 2.75) is 19.4 Å². The highest BCUT2D eigenvalue weighted by molar-refractivity contribution is 5.59. The van der Waals surface area contributed by atoms with Crippen molar-refractivity contribution < 1.29 is 14.4 Å². The number of non-ortho nitro benzene ring substituents is 1. The van der Waals surface area contributed by atoms with Gasteiger partial charge in [0.1, 0.15) is 11.6 Å². The third-order valence-corrected chi connectivity index (χ3v) is 4.21. The third-order valence-electron chi connectivity index (χ3n) is 4.21. The minimum absolute atomic E-state index is 0.00355. The largest absolute Gasteiger partial charge is 0.387 e. The predicted molar refractivity (Wildman–Crippen MR) is 103 cm³/mol. The molecule has 3 aromatic rings. The first kappa shape index (κ1) is 19.4. The Morgan fingerprint density at radius 1 is 1.14 bits per heavy atom. The molecule has 1 atom stereocenters. The van der Waals surface area contributed by atoms with Crippen LogP contribution in [-0.2, 0) is 6.42 Å². The lowest BCUT2D eigenvalue weighted by Gasteiger charge is -2.14. The van der Waals surface area contributed by atoms with E-state index in [0.717, 1.165) is 5.69 Å². The summed E-state index contributed by atoms with van der Waals surface area (Å²) < 4.78 is 13.0. The highest BCUT2D eigenvalue weighted by atomic mass is 19.1. The molecule has 2 N–H and O–H groups in total. The van der Waals surface area contributed by atoms with E-state index in [2.05, 4.69) is 15.3 Å². The molecule has 144 valence electrons. The molecule has 0 saturated carbocycles.